The van der Waals surface area contributed by atoms with Crippen molar-refractivity contribution in [3.8, 4) is 11.3 Å². The summed E-state index contributed by atoms with van der Waals surface area (Å²) in [6, 6.07) is 16.5. The van der Waals surface area contributed by atoms with Crippen LogP contribution in [0.2, 0.25) is 0 Å². The SMILES string of the molecule is O=C(CNC(=O)c1cccc([N+](=O)[O-])c1)NCc1ccc(-c2ccc(Br)cc2)o1. The molecular weight excluding hydrogens is 442 g/mol. The van der Waals surface area contributed by atoms with Gasteiger partial charge in [0.2, 0.25) is 5.91 Å². The number of hydrogen-bond donors (Lipinski definition) is 2. The highest BCUT2D eigenvalue weighted by molar-refractivity contribution is 9.10. The molecule has 0 aliphatic rings. The van der Waals surface area contributed by atoms with E-state index in [-0.39, 0.29) is 24.3 Å². The normalized spacial score (nSPS) is 10.4. The number of benzene rings is 2. The summed E-state index contributed by atoms with van der Waals surface area (Å²) in [4.78, 5) is 34.2. The van der Waals surface area contributed by atoms with Crippen molar-refractivity contribution in [1.82, 2.24) is 10.6 Å². The number of non-ortho nitro benzene ring substituents is 1. The van der Waals surface area contributed by atoms with Crippen LogP contribution in [0.1, 0.15) is 16.1 Å². The van der Waals surface area contributed by atoms with Gasteiger partial charge in [-0.1, -0.05) is 34.1 Å². The van der Waals surface area contributed by atoms with Crippen LogP contribution in [0.5, 0.6) is 0 Å². The molecule has 2 amide bonds. The van der Waals surface area contributed by atoms with Gasteiger partial charge in [0.05, 0.1) is 18.0 Å². The zero-order valence-electron chi connectivity index (χ0n) is 15.1. The van der Waals surface area contributed by atoms with Gasteiger partial charge >= 0.3 is 0 Å². The van der Waals surface area contributed by atoms with Crippen molar-refractivity contribution >= 4 is 33.4 Å². The molecule has 3 aromatic rings. The fraction of sp³-hybridized carbons (Fsp3) is 0.100. The first kappa shape index (κ1) is 20.3. The maximum atomic E-state index is 12.0. The molecule has 0 aliphatic heterocycles. The van der Waals surface area contributed by atoms with E-state index in [0.717, 1.165) is 16.1 Å². The standard InChI is InChI=1S/C20H16BrN3O5/c21-15-6-4-13(5-7-15)18-9-8-17(29-18)11-22-19(25)12-23-20(26)14-2-1-3-16(10-14)24(27)28/h1-10H,11-12H2,(H,22,25)(H,23,26). The highest BCUT2D eigenvalue weighted by Gasteiger charge is 2.13. The minimum Gasteiger partial charge on any atom is -0.459 e. The monoisotopic (exact) mass is 457 g/mol. The van der Waals surface area contributed by atoms with Gasteiger partial charge in [-0.2, -0.15) is 0 Å². The summed E-state index contributed by atoms with van der Waals surface area (Å²) >= 11 is 3.38. The van der Waals surface area contributed by atoms with Crippen LogP contribution in [0.25, 0.3) is 11.3 Å². The summed E-state index contributed by atoms with van der Waals surface area (Å²) < 4.78 is 6.67. The fourth-order valence-corrected chi connectivity index (χ4v) is 2.78. The van der Waals surface area contributed by atoms with Crippen molar-refractivity contribution < 1.29 is 18.9 Å². The molecule has 9 heteroatoms. The molecule has 2 aromatic carbocycles. The number of furan rings is 1. The van der Waals surface area contributed by atoms with E-state index in [4.69, 9.17) is 4.42 Å². The predicted octanol–water partition coefficient (Wildman–Crippen LogP) is 3.66. The Hall–Kier alpha value is -3.46. The highest BCUT2D eigenvalue weighted by atomic mass is 79.9. The van der Waals surface area contributed by atoms with Crippen molar-refractivity contribution in [3.05, 3.63) is 86.6 Å². The summed E-state index contributed by atoms with van der Waals surface area (Å²) in [6.07, 6.45) is 0. The molecule has 0 fully saturated rings. The summed E-state index contributed by atoms with van der Waals surface area (Å²) in [5.74, 6) is 0.270. The van der Waals surface area contributed by atoms with Gasteiger partial charge in [0, 0.05) is 27.7 Å². The van der Waals surface area contributed by atoms with E-state index >= 15 is 0 Å². The Morgan fingerprint density at radius 2 is 1.79 bits per heavy atom. The largest absolute Gasteiger partial charge is 0.459 e. The summed E-state index contributed by atoms with van der Waals surface area (Å²) in [5, 5.41) is 15.8. The molecule has 3 rings (SSSR count). The molecule has 8 nitrogen and oxygen atoms in total. The third kappa shape index (κ3) is 5.52. The summed E-state index contributed by atoms with van der Waals surface area (Å²) in [6.45, 7) is -0.0934. The summed E-state index contributed by atoms with van der Waals surface area (Å²) in [5.41, 5.74) is 0.827. The first-order valence-corrected chi connectivity index (χ1v) is 9.35. The van der Waals surface area contributed by atoms with Gasteiger partial charge in [-0.3, -0.25) is 19.7 Å². The Kier molecular flexibility index (Phi) is 6.40. The molecule has 0 aliphatic carbocycles. The fourth-order valence-electron chi connectivity index (χ4n) is 2.51. The molecule has 29 heavy (non-hydrogen) atoms. The van der Waals surface area contributed by atoms with Crippen LogP contribution in [0.15, 0.2) is 69.6 Å². The van der Waals surface area contributed by atoms with E-state index < -0.39 is 16.7 Å². The number of halogens is 1. The van der Waals surface area contributed by atoms with E-state index in [1.54, 1.807) is 6.07 Å². The number of amides is 2. The zero-order valence-corrected chi connectivity index (χ0v) is 16.6. The second kappa shape index (κ2) is 9.16. The smallest absolute Gasteiger partial charge is 0.270 e. The third-order valence-electron chi connectivity index (χ3n) is 3.98. The number of nitrogens with zero attached hydrogens (tertiary/aromatic N) is 1. The number of carbonyl (C=O) groups is 2. The molecule has 148 valence electrons. The van der Waals surface area contributed by atoms with E-state index in [2.05, 4.69) is 26.6 Å². The third-order valence-corrected chi connectivity index (χ3v) is 4.51. The van der Waals surface area contributed by atoms with Crippen LogP contribution < -0.4 is 10.6 Å². The molecule has 0 atom stereocenters. The molecule has 2 N–H and O–H groups in total. The van der Waals surface area contributed by atoms with Gasteiger partial charge in [0.1, 0.15) is 11.5 Å². The Bertz CT molecular complexity index is 1050. The van der Waals surface area contributed by atoms with Crippen LogP contribution in [0.3, 0.4) is 0 Å². The van der Waals surface area contributed by atoms with Crippen LogP contribution in [-0.4, -0.2) is 23.3 Å². The lowest BCUT2D eigenvalue weighted by Crippen LogP contribution is -2.36. The first-order chi connectivity index (χ1) is 13.9. The topological polar surface area (TPSA) is 114 Å². The average molecular weight is 458 g/mol. The predicted molar refractivity (Wildman–Crippen MR) is 109 cm³/mol. The van der Waals surface area contributed by atoms with Crippen molar-refractivity contribution in [2.24, 2.45) is 0 Å². The summed E-state index contributed by atoms with van der Waals surface area (Å²) in [7, 11) is 0. The van der Waals surface area contributed by atoms with E-state index in [0.29, 0.717) is 11.5 Å². The van der Waals surface area contributed by atoms with Crippen LogP contribution in [0.4, 0.5) is 5.69 Å². The maximum Gasteiger partial charge on any atom is 0.270 e. The van der Waals surface area contributed by atoms with Crippen molar-refractivity contribution in [3.63, 3.8) is 0 Å². The lowest BCUT2D eigenvalue weighted by atomic mass is 10.2. The average Bonchev–Trinajstić information content (AvgIpc) is 3.20. The van der Waals surface area contributed by atoms with Gasteiger partial charge in [-0.25, -0.2) is 0 Å². The number of nitro benzene ring substituents is 1. The molecule has 0 radical (unpaired) electrons. The highest BCUT2D eigenvalue weighted by Crippen LogP contribution is 2.23. The number of nitrogens with one attached hydrogen (secondary N) is 2. The second-order valence-electron chi connectivity index (χ2n) is 6.04. The molecule has 1 aromatic heterocycles. The Balaban J connectivity index is 1.49. The van der Waals surface area contributed by atoms with E-state index in [1.165, 1.54) is 18.2 Å². The molecule has 1 heterocycles. The minimum absolute atomic E-state index is 0.108. The lowest BCUT2D eigenvalue weighted by Gasteiger charge is -2.06. The molecule has 0 saturated heterocycles. The number of rotatable bonds is 7. The van der Waals surface area contributed by atoms with E-state index in [1.807, 2.05) is 30.3 Å². The maximum absolute atomic E-state index is 12.0. The molecule has 0 spiro atoms. The van der Waals surface area contributed by atoms with E-state index in [9.17, 15) is 19.7 Å². The van der Waals surface area contributed by atoms with Gasteiger partial charge in [-0.05, 0) is 30.3 Å². The molecule has 0 saturated carbocycles. The lowest BCUT2D eigenvalue weighted by molar-refractivity contribution is -0.384. The van der Waals surface area contributed by atoms with Crippen LogP contribution in [-0.2, 0) is 11.3 Å². The second-order valence-corrected chi connectivity index (χ2v) is 6.96. The van der Waals surface area contributed by atoms with Gasteiger partial charge in [0.25, 0.3) is 11.6 Å². The number of nitro groups is 1. The zero-order chi connectivity index (χ0) is 20.8. The van der Waals surface area contributed by atoms with Gasteiger partial charge in [0.15, 0.2) is 0 Å². The van der Waals surface area contributed by atoms with Crippen LogP contribution in [0, 0.1) is 10.1 Å². The Morgan fingerprint density at radius 3 is 2.52 bits per heavy atom. The Labute approximate surface area is 174 Å². The van der Waals surface area contributed by atoms with Gasteiger partial charge in [-0.15, -0.1) is 0 Å². The van der Waals surface area contributed by atoms with Gasteiger partial charge < -0.3 is 15.1 Å². The first-order valence-electron chi connectivity index (χ1n) is 8.56. The van der Waals surface area contributed by atoms with Crippen molar-refractivity contribution in [2.45, 2.75) is 6.54 Å². The quantitative estimate of drug-likeness (QED) is 0.414. The Morgan fingerprint density at radius 1 is 1.03 bits per heavy atom. The molecule has 0 bridgehead atoms. The minimum atomic E-state index is -0.588. The number of hydrogen-bond acceptors (Lipinski definition) is 5. The molecule has 0 unspecified atom stereocenters. The van der Waals surface area contributed by atoms with Crippen molar-refractivity contribution in [1.29, 1.82) is 0 Å². The number of carbonyl (C=O) groups excluding carboxylic acids is 2. The van der Waals surface area contributed by atoms with Crippen molar-refractivity contribution in [2.75, 3.05) is 6.54 Å². The molecular formula is C20H16BrN3O5. The van der Waals surface area contributed by atoms with Crippen LogP contribution >= 0.6 is 15.9 Å².